The second-order valence-corrected chi connectivity index (χ2v) is 9.33. The van der Waals surface area contributed by atoms with Gasteiger partial charge in [-0.1, -0.05) is 6.42 Å². The molecule has 5 heteroatoms. The molecule has 1 aliphatic rings. The van der Waals surface area contributed by atoms with Crippen LogP contribution in [0, 0.1) is 0 Å². The third-order valence-electron chi connectivity index (χ3n) is 3.75. The van der Waals surface area contributed by atoms with E-state index in [0.717, 1.165) is 13.0 Å². The van der Waals surface area contributed by atoms with Crippen LogP contribution in [-0.4, -0.2) is 48.8 Å². The SMILES string of the molecule is CC(C)(C)S(=O)(=O)CCN(CCCCl)C1CCC1. The van der Waals surface area contributed by atoms with Crippen LogP contribution in [0.15, 0.2) is 0 Å². The predicted molar refractivity (Wildman–Crippen MR) is 78.1 cm³/mol. The molecule has 0 unspecified atom stereocenters. The first-order valence-electron chi connectivity index (χ1n) is 6.80. The van der Waals surface area contributed by atoms with Crippen molar-refractivity contribution < 1.29 is 8.42 Å². The topological polar surface area (TPSA) is 37.4 Å². The Hall–Kier alpha value is 0.200. The molecule has 108 valence electrons. The monoisotopic (exact) mass is 295 g/mol. The molecule has 0 aromatic rings. The second-order valence-electron chi connectivity index (χ2n) is 6.09. The number of hydrogen-bond donors (Lipinski definition) is 0. The molecule has 0 spiro atoms. The van der Waals surface area contributed by atoms with Crippen molar-refractivity contribution in [2.75, 3.05) is 24.7 Å². The lowest BCUT2D eigenvalue weighted by atomic mass is 9.91. The number of nitrogens with zero attached hydrogens (tertiary/aromatic N) is 1. The van der Waals surface area contributed by atoms with E-state index in [0.29, 0.717) is 18.5 Å². The molecular weight excluding hydrogens is 270 g/mol. The van der Waals surface area contributed by atoms with Crippen molar-refractivity contribution in [3.63, 3.8) is 0 Å². The van der Waals surface area contributed by atoms with Crippen molar-refractivity contribution in [1.82, 2.24) is 4.90 Å². The molecule has 0 saturated heterocycles. The average Bonchev–Trinajstić information content (AvgIpc) is 2.17. The first-order valence-corrected chi connectivity index (χ1v) is 8.99. The first kappa shape index (κ1) is 16.3. The Morgan fingerprint density at radius 1 is 1.22 bits per heavy atom. The highest BCUT2D eigenvalue weighted by Gasteiger charge is 2.31. The Morgan fingerprint density at radius 3 is 2.22 bits per heavy atom. The zero-order chi connectivity index (χ0) is 13.8. The van der Waals surface area contributed by atoms with Gasteiger partial charge in [-0.15, -0.1) is 11.6 Å². The molecule has 3 nitrogen and oxygen atoms in total. The zero-order valence-electron chi connectivity index (χ0n) is 11.8. The maximum atomic E-state index is 12.1. The van der Waals surface area contributed by atoms with Crippen molar-refractivity contribution in [3.05, 3.63) is 0 Å². The minimum atomic E-state index is -3.01. The first-order chi connectivity index (χ1) is 8.28. The molecule has 1 saturated carbocycles. The fraction of sp³-hybridized carbons (Fsp3) is 1.00. The molecule has 0 bridgehead atoms. The van der Waals surface area contributed by atoms with Crippen LogP contribution < -0.4 is 0 Å². The predicted octanol–water partition coefficient (Wildman–Crippen LogP) is 2.68. The molecule has 1 aliphatic carbocycles. The van der Waals surface area contributed by atoms with Gasteiger partial charge in [-0.25, -0.2) is 8.42 Å². The summed E-state index contributed by atoms with van der Waals surface area (Å²) in [5.41, 5.74) is 0. The van der Waals surface area contributed by atoms with Crippen molar-refractivity contribution in [2.24, 2.45) is 0 Å². The average molecular weight is 296 g/mol. The Bertz CT molecular complexity index is 344. The number of halogens is 1. The molecular formula is C13H26ClNO2S. The van der Waals surface area contributed by atoms with E-state index < -0.39 is 14.6 Å². The normalized spacial score (nSPS) is 18.1. The van der Waals surface area contributed by atoms with Crippen molar-refractivity contribution >= 4 is 21.4 Å². The number of rotatable bonds is 7. The molecule has 0 aromatic carbocycles. The highest BCUT2D eigenvalue weighted by Crippen LogP contribution is 2.25. The van der Waals surface area contributed by atoms with Crippen LogP contribution in [-0.2, 0) is 9.84 Å². The lowest BCUT2D eigenvalue weighted by molar-refractivity contribution is 0.135. The number of alkyl halides is 1. The summed E-state index contributed by atoms with van der Waals surface area (Å²) in [7, 11) is -3.01. The van der Waals surface area contributed by atoms with Crippen LogP contribution >= 0.6 is 11.6 Å². The van der Waals surface area contributed by atoms with Gasteiger partial charge in [0.15, 0.2) is 9.84 Å². The third-order valence-corrected chi connectivity index (χ3v) is 6.60. The summed E-state index contributed by atoms with van der Waals surface area (Å²) in [6.45, 7) is 6.90. The van der Waals surface area contributed by atoms with Gasteiger partial charge in [-0.2, -0.15) is 0 Å². The second kappa shape index (κ2) is 6.58. The maximum absolute atomic E-state index is 12.1. The van der Waals surface area contributed by atoms with Crippen LogP contribution in [0.25, 0.3) is 0 Å². The van der Waals surface area contributed by atoms with E-state index in [9.17, 15) is 8.42 Å². The van der Waals surface area contributed by atoms with Crippen LogP contribution in [0.5, 0.6) is 0 Å². The Labute approximate surface area is 117 Å². The van der Waals surface area contributed by atoms with Crippen molar-refractivity contribution in [1.29, 1.82) is 0 Å². The standard InChI is InChI=1S/C13H26ClNO2S/c1-13(2,3)18(16,17)11-10-15(9-5-8-14)12-6-4-7-12/h12H,4-11H2,1-3H3. The van der Waals surface area contributed by atoms with E-state index >= 15 is 0 Å². The van der Waals surface area contributed by atoms with Crippen molar-refractivity contribution in [2.45, 2.75) is 57.2 Å². The Kier molecular flexibility index (Phi) is 5.94. The largest absolute Gasteiger partial charge is 0.299 e. The fourth-order valence-electron chi connectivity index (χ4n) is 2.04. The van der Waals surface area contributed by atoms with E-state index in [-0.39, 0.29) is 5.75 Å². The van der Waals surface area contributed by atoms with Gasteiger partial charge in [0.1, 0.15) is 0 Å². The van der Waals surface area contributed by atoms with Gasteiger partial charge < -0.3 is 0 Å². The van der Waals surface area contributed by atoms with Crippen LogP contribution in [0.4, 0.5) is 0 Å². The molecule has 1 fully saturated rings. The molecule has 0 atom stereocenters. The summed E-state index contributed by atoms with van der Waals surface area (Å²) >= 11 is 5.73. The van der Waals surface area contributed by atoms with Crippen LogP contribution in [0.2, 0.25) is 0 Å². The van der Waals surface area contributed by atoms with E-state index in [2.05, 4.69) is 4.90 Å². The fourth-order valence-corrected chi connectivity index (χ4v) is 3.24. The lowest BCUT2D eigenvalue weighted by Crippen LogP contribution is -2.44. The van der Waals surface area contributed by atoms with E-state index in [1.807, 2.05) is 0 Å². The van der Waals surface area contributed by atoms with E-state index in [1.54, 1.807) is 20.8 Å². The smallest absolute Gasteiger partial charge is 0.156 e. The van der Waals surface area contributed by atoms with Crippen molar-refractivity contribution in [3.8, 4) is 0 Å². The summed E-state index contributed by atoms with van der Waals surface area (Å²) < 4.78 is 23.6. The lowest BCUT2D eigenvalue weighted by Gasteiger charge is -2.38. The minimum absolute atomic E-state index is 0.259. The quantitative estimate of drug-likeness (QED) is 0.678. The van der Waals surface area contributed by atoms with Gasteiger partial charge in [-0.3, -0.25) is 4.90 Å². The number of sulfone groups is 1. The summed E-state index contributed by atoms with van der Waals surface area (Å²) in [6, 6.07) is 0.586. The molecule has 18 heavy (non-hydrogen) atoms. The van der Waals surface area contributed by atoms with Gasteiger partial charge in [-0.05, 0) is 46.6 Å². The third kappa shape index (κ3) is 4.39. The van der Waals surface area contributed by atoms with Gasteiger partial charge in [0.05, 0.1) is 10.5 Å². The summed E-state index contributed by atoms with van der Waals surface area (Å²) in [6.07, 6.45) is 4.62. The van der Waals surface area contributed by atoms with Gasteiger partial charge in [0.25, 0.3) is 0 Å². The molecule has 0 radical (unpaired) electrons. The summed E-state index contributed by atoms with van der Waals surface area (Å²) in [5.74, 6) is 0.907. The zero-order valence-corrected chi connectivity index (χ0v) is 13.4. The van der Waals surface area contributed by atoms with Gasteiger partial charge in [0.2, 0.25) is 0 Å². The molecule has 0 amide bonds. The Balaban J connectivity index is 2.51. The maximum Gasteiger partial charge on any atom is 0.156 e. The molecule has 0 aromatic heterocycles. The summed E-state index contributed by atoms with van der Waals surface area (Å²) in [4.78, 5) is 2.31. The highest BCUT2D eigenvalue weighted by molar-refractivity contribution is 7.92. The molecule has 0 heterocycles. The summed E-state index contributed by atoms with van der Waals surface area (Å²) in [5, 5.41) is 0. The molecule has 1 rings (SSSR count). The van der Waals surface area contributed by atoms with Crippen LogP contribution in [0.1, 0.15) is 46.5 Å². The Morgan fingerprint density at radius 2 is 1.83 bits per heavy atom. The highest BCUT2D eigenvalue weighted by atomic mass is 35.5. The molecule has 0 aliphatic heterocycles. The van der Waals surface area contributed by atoms with E-state index in [1.165, 1.54) is 19.3 Å². The minimum Gasteiger partial charge on any atom is -0.299 e. The van der Waals surface area contributed by atoms with Gasteiger partial charge >= 0.3 is 0 Å². The number of hydrogen-bond acceptors (Lipinski definition) is 3. The van der Waals surface area contributed by atoms with Crippen LogP contribution in [0.3, 0.4) is 0 Å². The molecule has 0 N–H and O–H groups in total. The van der Waals surface area contributed by atoms with Gasteiger partial charge in [0, 0.05) is 18.5 Å². The van der Waals surface area contributed by atoms with E-state index in [4.69, 9.17) is 11.6 Å².